The monoisotopic (exact) mass is 1030 g/mol. The van der Waals surface area contributed by atoms with Gasteiger partial charge in [0.25, 0.3) is 0 Å². The summed E-state index contributed by atoms with van der Waals surface area (Å²) in [6.45, 7) is 41.4. The fourth-order valence-electron chi connectivity index (χ4n) is 12.2. The molecule has 5 aromatic rings. The molecule has 2 saturated heterocycles. The van der Waals surface area contributed by atoms with Crippen molar-refractivity contribution in [3.63, 3.8) is 0 Å². The number of hydrogen-bond donors (Lipinski definition) is 0. The summed E-state index contributed by atoms with van der Waals surface area (Å²) >= 11 is 0. The van der Waals surface area contributed by atoms with E-state index >= 15 is 0 Å². The third-order valence-corrected chi connectivity index (χ3v) is 30.8. The van der Waals surface area contributed by atoms with Crippen molar-refractivity contribution >= 4 is 84.4 Å². The van der Waals surface area contributed by atoms with Crippen LogP contribution in [-0.2, 0) is 18.6 Å². The van der Waals surface area contributed by atoms with Gasteiger partial charge in [0.05, 0.1) is 22.4 Å². The Morgan fingerprint density at radius 2 is 0.676 bits per heavy atom. The average Bonchev–Trinajstić information content (AvgIpc) is 3.70. The van der Waals surface area contributed by atoms with Crippen LogP contribution in [0.5, 0.6) is 0 Å². The Hall–Kier alpha value is -3.34. The van der Waals surface area contributed by atoms with Gasteiger partial charge >= 0.3 is 14.2 Å². The SMILES string of the molecule is CCCCCCCC[Si](C#Cc1c2cc3ccc(B4OC(C)(C)C(C)(C)O4)cc3cc2c(C#C[Si](CCCCCCCC)(C(C)C)C(C)C)c2cc3ccc(B4OC(C)(C)C(C)(C)O4)cc3cc12)(C(C)C)C(C)C. The Morgan fingerprint density at radius 1 is 0.392 bits per heavy atom. The summed E-state index contributed by atoms with van der Waals surface area (Å²) in [5.74, 6) is 8.32. The Morgan fingerprint density at radius 3 is 0.973 bits per heavy atom. The van der Waals surface area contributed by atoms with E-state index in [4.69, 9.17) is 18.6 Å². The molecule has 5 aromatic carbocycles. The lowest BCUT2D eigenvalue weighted by Crippen LogP contribution is -2.41. The fourth-order valence-corrected chi connectivity index (χ4v) is 21.0. The molecule has 0 aliphatic carbocycles. The van der Waals surface area contributed by atoms with E-state index in [2.05, 4.69) is 208 Å². The molecule has 7 rings (SSSR count). The van der Waals surface area contributed by atoms with Crippen LogP contribution >= 0.6 is 0 Å². The topological polar surface area (TPSA) is 36.9 Å². The van der Waals surface area contributed by atoms with Crippen molar-refractivity contribution in [2.45, 2.75) is 258 Å². The second kappa shape index (κ2) is 23.3. The van der Waals surface area contributed by atoms with E-state index < -0.39 is 52.8 Å². The minimum Gasteiger partial charge on any atom is -0.399 e. The Balaban J connectivity index is 1.54. The average molecular weight is 1030 g/mol. The molecular weight excluding hydrogens is 935 g/mol. The van der Waals surface area contributed by atoms with Crippen LogP contribution in [-0.4, -0.2) is 52.8 Å². The number of unbranched alkanes of at least 4 members (excludes halogenated alkanes) is 10. The molecule has 2 aliphatic rings. The van der Waals surface area contributed by atoms with Gasteiger partial charge in [-0.2, -0.15) is 0 Å². The van der Waals surface area contributed by atoms with Crippen LogP contribution in [0.15, 0.2) is 60.7 Å². The normalized spacial score (nSPS) is 17.4. The summed E-state index contributed by atoms with van der Waals surface area (Å²) in [5, 5.41) is 9.46. The van der Waals surface area contributed by atoms with Crippen LogP contribution in [0, 0.1) is 22.9 Å². The van der Waals surface area contributed by atoms with Gasteiger partial charge in [0.2, 0.25) is 0 Å². The Bertz CT molecular complexity index is 2660. The summed E-state index contributed by atoms with van der Waals surface area (Å²) in [6, 6.07) is 25.8. The number of benzene rings is 5. The van der Waals surface area contributed by atoms with Crippen molar-refractivity contribution in [3.8, 4) is 22.9 Å². The zero-order chi connectivity index (χ0) is 54.0. The van der Waals surface area contributed by atoms with Gasteiger partial charge in [-0.1, -0.05) is 195 Å². The molecule has 74 heavy (non-hydrogen) atoms. The first-order valence-corrected chi connectivity index (χ1v) is 34.2. The van der Waals surface area contributed by atoms with Gasteiger partial charge in [0, 0.05) is 11.1 Å². The van der Waals surface area contributed by atoms with Gasteiger partial charge in [0.1, 0.15) is 16.1 Å². The molecule has 0 N–H and O–H groups in total. The predicted octanol–water partition coefficient (Wildman–Crippen LogP) is 17.9. The first kappa shape index (κ1) is 58.3. The van der Waals surface area contributed by atoms with Crippen LogP contribution in [0.25, 0.3) is 43.1 Å². The molecule has 0 saturated carbocycles. The van der Waals surface area contributed by atoms with Gasteiger partial charge in [-0.15, -0.1) is 11.1 Å². The van der Waals surface area contributed by atoms with E-state index in [9.17, 15) is 0 Å². The van der Waals surface area contributed by atoms with Crippen LogP contribution in [0.3, 0.4) is 0 Å². The molecule has 4 nitrogen and oxygen atoms in total. The van der Waals surface area contributed by atoms with Gasteiger partial charge < -0.3 is 18.6 Å². The molecule has 0 radical (unpaired) electrons. The van der Waals surface area contributed by atoms with Crippen LogP contribution in [0.4, 0.5) is 0 Å². The van der Waals surface area contributed by atoms with Crippen LogP contribution < -0.4 is 10.9 Å². The van der Waals surface area contributed by atoms with E-state index in [1.54, 1.807) is 0 Å². The van der Waals surface area contributed by atoms with E-state index in [1.807, 2.05) is 0 Å². The van der Waals surface area contributed by atoms with Gasteiger partial charge in [-0.3, -0.25) is 0 Å². The van der Waals surface area contributed by atoms with Crippen LogP contribution in [0.2, 0.25) is 34.3 Å². The third kappa shape index (κ3) is 11.9. The summed E-state index contributed by atoms with van der Waals surface area (Å²) in [7, 11) is -5.16. The molecule has 0 aromatic heterocycles. The predicted molar refractivity (Wildman–Crippen MR) is 330 cm³/mol. The number of rotatable bonds is 20. The highest BCUT2D eigenvalue weighted by Crippen LogP contribution is 2.43. The van der Waals surface area contributed by atoms with Crippen LogP contribution in [0.1, 0.15) is 213 Å². The molecule has 398 valence electrons. The minimum atomic E-state index is -2.13. The van der Waals surface area contributed by atoms with Crippen molar-refractivity contribution in [2.75, 3.05) is 0 Å². The molecule has 2 fully saturated rings. The summed E-state index contributed by atoms with van der Waals surface area (Å²) < 4.78 is 26.6. The highest BCUT2D eigenvalue weighted by atomic mass is 28.3. The highest BCUT2D eigenvalue weighted by molar-refractivity contribution is 6.90. The van der Waals surface area contributed by atoms with E-state index in [1.165, 1.54) is 132 Å². The fraction of sp³-hybridized carbons (Fsp3) is 0.606. The van der Waals surface area contributed by atoms with Gasteiger partial charge in [-0.05, 0) is 168 Å². The largest absolute Gasteiger partial charge is 0.494 e. The second-order valence-corrected chi connectivity index (χ2v) is 36.5. The Kier molecular flexibility index (Phi) is 18.4. The van der Waals surface area contributed by atoms with Crippen molar-refractivity contribution in [2.24, 2.45) is 0 Å². The zero-order valence-electron chi connectivity index (χ0n) is 49.8. The van der Waals surface area contributed by atoms with Crippen molar-refractivity contribution < 1.29 is 18.6 Å². The molecule has 0 amide bonds. The van der Waals surface area contributed by atoms with E-state index in [-0.39, 0.29) is 0 Å². The van der Waals surface area contributed by atoms with Crippen molar-refractivity contribution in [3.05, 3.63) is 71.8 Å². The molecular formula is C66H96B2O4Si2. The molecule has 0 unspecified atom stereocenters. The van der Waals surface area contributed by atoms with Gasteiger partial charge in [-0.25, -0.2) is 0 Å². The van der Waals surface area contributed by atoms with E-state index in [0.29, 0.717) is 22.2 Å². The quantitative estimate of drug-likeness (QED) is 0.0337. The number of hydrogen-bond acceptors (Lipinski definition) is 4. The number of fused-ring (bicyclic) bond motifs is 4. The molecule has 2 aliphatic heterocycles. The first-order chi connectivity index (χ1) is 34.8. The molecule has 0 spiro atoms. The first-order valence-electron chi connectivity index (χ1n) is 29.5. The lowest BCUT2D eigenvalue weighted by Gasteiger charge is -2.34. The standard InChI is InChI=1S/C66H96B2O4Si2/c1-19-21-23-25-27-29-37-73(47(3)4,48(5)6)39-35-57-59-43-51-31-33-56(68-71-65(15,16)66(17,18)72-68)42-54(51)46-62(59)58(36-40-74(49(7)8,50(9)10)38-30-28-26-24-22-20-2)60-44-52-32-34-55(41-53(52)45-61(57)60)67-69-63(11,12)64(13,14)70-67/h31-34,41-50H,19-30,37-38H2,1-18H3. The lowest BCUT2D eigenvalue weighted by molar-refractivity contribution is 0.00578. The molecule has 8 heteroatoms. The Labute approximate surface area is 453 Å². The molecule has 2 heterocycles. The van der Waals surface area contributed by atoms with Crippen molar-refractivity contribution in [1.82, 2.24) is 0 Å². The smallest absolute Gasteiger partial charge is 0.399 e. The minimum absolute atomic E-state index is 0.433. The summed E-state index contributed by atoms with van der Waals surface area (Å²) in [4.78, 5) is 0. The maximum absolute atomic E-state index is 6.65. The van der Waals surface area contributed by atoms with E-state index in [0.717, 1.165) is 22.1 Å². The highest BCUT2D eigenvalue weighted by Gasteiger charge is 2.53. The van der Waals surface area contributed by atoms with Gasteiger partial charge in [0.15, 0.2) is 0 Å². The molecule has 0 atom stereocenters. The lowest BCUT2D eigenvalue weighted by atomic mass is 9.77. The molecule has 0 bridgehead atoms. The summed E-state index contributed by atoms with van der Waals surface area (Å²) in [5.41, 5.74) is 13.3. The zero-order valence-corrected chi connectivity index (χ0v) is 51.8. The third-order valence-electron chi connectivity index (χ3n) is 19.0. The summed E-state index contributed by atoms with van der Waals surface area (Å²) in [6.07, 6.45) is 15.6. The maximum atomic E-state index is 6.65. The maximum Gasteiger partial charge on any atom is 0.494 e. The second-order valence-electron chi connectivity index (χ2n) is 26.2. The van der Waals surface area contributed by atoms with Crippen molar-refractivity contribution in [1.29, 1.82) is 0 Å².